The van der Waals surface area contributed by atoms with Gasteiger partial charge in [-0.2, -0.15) is 0 Å². The second-order valence-corrected chi connectivity index (χ2v) is 4.81. The van der Waals surface area contributed by atoms with E-state index in [4.69, 9.17) is 5.73 Å². The highest BCUT2D eigenvalue weighted by Crippen LogP contribution is 2.21. The molecule has 0 heterocycles. The predicted octanol–water partition coefficient (Wildman–Crippen LogP) is 2.97. The molecule has 4 heteroatoms. The smallest absolute Gasteiger partial charge is 0.256 e. The lowest BCUT2D eigenvalue weighted by Gasteiger charge is -2.10. The normalized spacial score (nSPS) is 11.9. The molecule has 0 saturated carbocycles. The number of anilines is 1. The maximum Gasteiger partial charge on any atom is 0.256 e. The maximum absolute atomic E-state index is 12.2. The molecule has 0 bridgehead atoms. The Kier molecular flexibility index (Phi) is 4.05. The van der Waals surface area contributed by atoms with Crippen molar-refractivity contribution in [1.82, 2.24) is 0 Å². The standard InChI is InChI=1S/C16H18N2O2/c1-10-14(4-3-5-15(10)19)16(20)18-13-8-6-12(7-9-13)11(2)17/h3-9,11,19H,17H2,1-2H3,(H,18,20). The van der Waals surface area contributed by atoms with Crippen LogP contribution in [0.2, 0.25) is 0 Å². The summed E-state index contributed by atoms with van der Waals surface area (Å²) in [4.78, 5) is 12.2. The van der Waals surface area contributed by atoms with Crippen LogP contribution >= 0.6 is 0 Å². The number of amides is 1. The fourth-order valence-electron chi connectivity index (χ4n) is 1.94. The van der Waals surface area contributed by atoms with Crippen molar-refractivity contribution < 1.29 is 9.90 Å². The van der Waals surface area contributed by atoms with Crippen molar-refractivity contribution in [2.45, 2.75) is 19.9 Å². The quantitative estimate of drug-likeness (QED) is 0.802. The van der Waals surface area contributed by atoms with Gasteiger partial charge in [0.25, 0.3) is 5.91 Å². The van der Waals surface area contributed by atoms with E-state index in [2.05, 4.69) is 5.32 Å². The van der Waals surface area contributed by atoms with E-state index in [1.165, 1.54) is 0 Å². The Labute approximate surface area is 118 Å². The molecule has 0 aliphatic heterocycles. The number of benzene rings is 2. The number of carbonyl (C=O) groups excluding carboxylic acids is 1. The molecule has 0 fully saturated rings. The highest BCUT2D eigenvalue weighted by atomic mass is 16.3. The van der Waals surface area contributed by atoms with Crippen LogP contribution in [-0.4, -0.2) is 11.0 Å². The van der Waals surface area contributed by atoms with Gasteiger partial charge in [0.2, 0.25) is 0 Å². The zero-order chi connectivity index (χ0) is 14.7. The van der Waals surface area contributed by atoms with Crippen molar-refractivity contribution in [3.05, 3.63) is 59.2 Å². The Morgan fingerprint density at radius 1 is 1.20 bits per heavy atom. The number of carbonyl (C=O) groups is 1. The Bertz CT molecular complexity index is 619. The van der Waals surface area contributed by atoms with E-state index in [0.717, 1.165) is 5.56 Å². The summed E-state index contributed by atoms with van der Waals surface area (Å²) in [6, 6.07) is 12.3. The van der Waals surface area contributed by atoms with Crippen LogP contribution in [0.15, 0.2) is 42.5 Å². The summed E-state index contributed by atoms with van der Waals surface area (Å²) in [6.07, 6.45) is 0. The number of nitrogens with two attached hydrogens (primary N) is 1. The molecule has 1 atom stereocenters. The second kappa shape index (κ2) is 5.75. The lowest BCUT2D eigenvalue weighted by Crippen LogP contribution is -2.13. The van der Waals surface area contributed by atoms with E-state index in [1.807, 2.05) is 31.2 Å². The van der Waals surface area contributed by atoms with Crippen LogP contribution in [0.25, 0.3) is 0 Å². The van der Waals surface area contributed by atoms with E-state index in [-0.39, 0.29) is 17.7 Å². The molecule has 0 aromatic heterocycles. The molecular weight excluding hydrogens is 252 g/mol. The molecule has 4 nitrogen and oxygen atoms in total. The fraction of sp³-hybridized carbons (Fsp3) is 0.188. The first-order chi connectivity index (χ1) is 9.49. The van der Waals surface area contributed by atoms with Crippen molar-refractivity contribution in [2.24, 2.45) is 5.73 Å². The van der Waals surface area contributed by atoms with Gasteiger partial charge in [-0.25, -0.2) is 0 Å². The van der Waals surface area contributed by atoms with Crippen LogP contribution < -0.4 is 11.1 Å². The first kappa shape index (κ1) is 14.1. The third-order valence-electron chi connectivity index (χ3n) is 3.24. The van der Waals surface area contributed by atoms with Gasteiger partial charge >= 0.3 is 0 Å². The minimum Gasteiger partial charge on any atom is -0.508 e. The zero-order valence-corrected chi connectivity index (χ0v) is 11.6. The van der Waals surface area contributed by atoms with Gasteiger partial charge in [-0.1, -0.05) is 18.2 Å². The molecular formula is C16H18N2O2. The lowest BCUT2D eigenvalue weighted by molar-refractivity contribution is 0.102. The largest absolute Gasteiger partial charge is 0.508 e. The van der Waals surface area contributed by atoms with Gasteiger partial charge in [-0.05, 0) is 43.7 Å². The van der Waals surface area contributed by atoms with Gasteiger partial charge < -0.3 is 16.2 Å². The summed E-state index contributed by atoms with van der Waals surface area (Å²) in [6.45, 7) is 3.62. The fourth-order valence-corrected chi connectivity index (χ4v) is 1.94. The van der Waals surface area contributed by atoms with Crippen LogP contribution in [-0.2, 0) is 0 Å². The van der Waals surface area contributed by atoms with Crippen molar-refractivity contribution in [1.29, 1.82) is 0 Å². The third-order valence-corrected chi connectivity index (χ3v) is 3.24. The van der Waals surface area contributed by atoms with E-state index in [1.54, 1.807) is 25.1 Å². The van der Waals surface area contributed by atoms with E-state index >= 15 is 0 Å². The van der Waals surface area contributed by atoms with Gasteiger partial charge in [0.1, 0.15) is 5.75 Å². The van der Waals surface area contributed by atoms with Crippen molar-refractivity contribution in [3.8, 4) is 5.75 Å². The first-order valence-corrected chi connectivity index (χ1v) is 6.44. The Hall–Kier alpha value is -2.33. The SMILES string of the molecule is Cc1c(O)cccc1C(=O)Nc1ccc(C(C)N)cc1. The molecule has 2 rings (SSSR count). The van der Waals surface area contributed by atoms with Crippen LogP contribution in [0.4, 0.5) is 5.69 Å². The maximum atomic E-state index is 12.2. The Balaban J connectivity index is 2.17. The molecule has 0 radical (unpaired) electrons. The number of aromatic hydroxyl groups is 1. The Morgan fingerprint density at radius 3 is 2.45 bits per heavy atom. The molecule has 20 heavy (non-hydrogen) atoms. The van der Waals surface area contributed by atoms with Crippen molar-refractivity contribution in [2.75, 3.05) is 5.32 Å². The lowest BCUT2D eigenvalue weighted by atomic mass is 10.1. The average Bonchev–Trinajstić information content (AvgIpc) is 2.42. The van der Waals surface area contributed by atoms with Crippen LogP contribution in [0.5, 0.6) is 5.75 Å². The van der Waals surface area contributed by atoms with Crippen LogP contribution in [0, 0.1) is 6.92 Å². The molecule has 104 valence electrons. The van der Waals surface area contributed by atoms with E-state index in [9.17, 15) is 9.90 Å². The minimum atomic E-state index is -0.244. The van der Waals surface area contributed by atoms with Gasteiger partial charge in [0.15, 0.2) is 0 Å². The summed E-state index contributed by atoms with van der Waals surface area (Å²) < 4.78 is 0. The van der Waals surface area contributed by atoms with Gasteiger partial charge in [-0.3, -0.25) is 4.79 Å². The molecule has 0 aliphatic rings. The minimum absolute atomic E-state index is 0.0342. The van der Waals surface area contributed by atoms with Crippen molar-refractivity contribution >= 4 is 11.6 Å². The topological polar surface area (TPSA) is 75.3 Å². The molecule has 0 aliphatic carbocycles. The van der Waals surface area contributed by atoms with E-state index < -0.39 is 0 Å². The van der Waals surface area contributed by atoms with Crippen LogP contribution in [0.1, 0.15) is 34.5 Å². The first-order valence-electron chi connectivity index (χ1n) is 6.44. The number of nitrogens with one attached hydrogen (secondary N) is 1. The summed E-state index contributed by atoms with van der Waals surface area (Å²) in [5, 5.41) is 12.4. The number of hydrogen-bond acceptors (Lipinski definition) is 3. The van der Waals surface area contributed by atoms with Crippen LogP contribution in [0.3, 0.4) is 0 Å². The zero-order valence-electron chi connectivity index (χ0n) is 11.6. The summed E-state index contributed by atoms with van der Waals surface area (Å²) in [5.41, 5.74) is 8.51. The van der Waals surface area contributed by atoms with Gasteiger partial charge in [-0.15, -0.1) is 0 Å². The molecule has 2 aromatic rings. The average molecular weight is 270 g/mol. The number of hydrogen-bond donors (Lipinski definition) is 3. The van der Waals surface area contributed by atoms with Gasteiger partial charge in [0.05, 0.1) is 0 Å². The van der Waals surface area contributed by atoms with Crippen molar-refractivity contribution in [3.63, 3.8) is 0 Å². The monoisotopic (exact) mass is 270 g/mol. The third kappa shape index (κ3) is 2.97. The molecule has 1 unspecified atom stereocenters. The summed E-state index contributed by atoms with van der Waals surface area (Å²) in [5.74, 6) is -0.128. The molecule has 0 spiro atoms. The number of phenolic OH excluding ortho intramolecular Hbond substituents is 1. The highest BCUT2D eigenvalue weighted by Gasteiger charge is 2.11. The molecule has 2 aromatic carbocycles. The number of phenols is 1. The van der Waals surface area contributed by atoms with Gasteiger partial charge in [0, 0.05) is 22.9 Å². The number of rotatable bonds is 3. The summed E-state index contributed by atoms with van der Waals surface area (Å²) >= 11 is 0. The second-order valence-electron chi connectivity index (χ2n) is 4.81. The molecule has 1 amide bonds. The summed E-state index contributed by atoms with van der Waals surface area (Å²) in [7, 11) is 0. The molecule has 4 N–H and O–H groups in total. The highest BCUT2D eigenvalue weighted by molar-refractivity contribution is 6.05. The predicted molar refractivity (Wildman–Crippen MR) is 79.8 cm³/mol. The molecule has 0 saturated heterocycles. The van der Waals surface area contributed by atoms with E-state index in [0.29, 0.717) is 16.8 Å². The Morgan fingerprint density at radius 2 is 1.85 bits per heavy atom.